The van der Waals surface area contributed by atoms with Crippen molar-refractivity contribution in [2.75, 3.05) is 5.73 Å². The lowest BCUT2D eigenvalue weighted by Gasteiger charge is -2.08. The zero-order chi connectivity index (χ0) is 12.5. The lowest BCUT2D eigenvalue weighted by Crippen LogP contribution is -2.04. The van der Waals surface area contributed by atoms with Crippen molar-refractivity contribution in [1.29, 1.82) is 0 Å². The second-order valence-electron chi connectivity index (χ2n) is 5.41. The largest absolute Gasteiger partial charge is 0.399 e. The maximum absolute atomic E-state index is 5.84. The van der Waals surface area contributed by atoms with Crippen molar-refractivity contribution in [3.05, 3.63) is 24.0 Å². The van der Waals surface area contributed by atoms with E-state index in [1.165, 1.54) is 30.6 Å². The summed E-state index contributed by atoms with van der Waals surface area (Å²) in [6, 6.07) is 6.08. The van der Waals surface area contributed by atoms with Crippen molar-refractivity contribution in [3.63, 3.8) is 0 Å². The minimum Gasteiger partial charge on any atom is -0.399 e. The highest BCUT2D eigenvalue weighted by molar-refractivity contribution is 5.79. The van der Waals surface area contributed by atoms with E-state index in [1.807, 2.05) is 12.1 Å². The Morgan fingerprint density at radius 1 is 1.39 bits per heavy atom. The van der Waals surface area contributed by atoms with Crippen LogP contribution in [-0.4, -0.2) is 9.55 Å². The molecular weight excluding hydrogens is 222 g/mol. The van der Waals surface area contributed by atoms with Gasteiger partial charge in [0.15, 0.2) is 0 Å². The number of nitrogen functional groups attached to an aromatic ring is 1. The molecule has 1 aliphatic rings. The molecule has 3 heteroatoms. The van der Waals surface area contributed by atoms with Crippen LogP contribution in [0.5, 0.6) is 0 Å². The number of nitrogens with zero attached hydrogens (tertiary/aromatic N) is 2. The lowest BCUT2D eigenvalue weighted by molar-refractivity contribution is 0.582. The van der Waals surface area contributed by atoms with E-state index in [4.69, 9.17) is 10.7 Å². The minimum atomic E-state index is 0.803. The summed E-state index contributed by atoms with van der Waals surface area (Å²) in [5.74, 6) is 2.18. The lowest BCUT2D eigenvalue weighted by atomic mass is 10.2. The Kier molecular flexibility index (Phi) is 2.98. The first kappa shape index (κ1) is 11.6. The molecule has 0 spiro atoms. The first-order valence-corrected chi connectivity index (χ1v) is 7.02. The highest BCUT2D eigenvalue weighted by Gasteiger charge is 2.21. The molecule has 1 aromatic heterocycles. The number of hydrogen-bond donors (Lipinski definition) is 1. The van der Waals surface area contributed by atoms with E-state index < -0.39 is 0 Å². The molecule has 1 aliphatic carbocycles. The van der Waals surface area contributed by atoms with Crippen LogP contribution in [0.25, 0.3) is 11.0 Å². The molecule has 0 bridgehead atoms. The highest BCUT2D eigenvalue weighted by Crippen LogP contribution is 2.33. The third kappa shape index (κ3) is 2.22. The summed E-state index contributed by atoms with van der Waals surface area (Å²) in [5.41, 5.74) is 8.94. The van der Waals surface area contributed by atoms with Crippen LogP contribution in [0.15, 0.2) is 18.2 Å². The molecule has 1 heterocycles. The number of fused-ring (bicyclic) bond motifs is 1. The summed E-state index contributed by atoms with van der Waals surface area (Å²) in [4.78, 5) is 4.74. The SMILES string of the molecule is CCCc1nc2cc(N)ccc2n1CCC1CC1. The highest BCUT2D eigenvalue weighted by atomic mass is 15.1. The third-order valence-corrected chi connectivity index (χ3v) is 3.78. The number of benzene rings is 1. The normalized spacial score (nSPS) is 15.4. The number of aromatic nitrogens is 2. The van der Waals surface area contributed by atoms with Crippen molar-refractivity contribution in [2.45, 2.75) is 45.6 Å². The van der Waals surface area contributed by atoms with E-state index in [-0.39, 0.29) is 0 Å². The number of imidazole rings is 1. The number of hydrogen-bond acceptors (Lipinski definition) is 2. The molecule has 3 nitrogen and oxygen atoms in total. The summed E-state index contributed by atoms with van der Waals surface area (Å²) in [6.07, 6.45) is 6.33. The molecule has 0 saturated heterocycles. The quantitative estimate of drug-likeness (QED) is 0.818. The van der Waals surface area contributed by atoms with Crippen molar-refractivity contribution in [3.8, 4) is 0 Å². The molecule has 96 valence electrons. The Hall–Kier alpha value is -1.51. The van der Waals surface area contributed by atoms with Gasteiger partial charge in [-0.1, -0.05) is 19.8 Å². The van der Waals surface area contributed by atoms with Gasteiger partial charge in [-0.15, -0.1) is 0 Å². The summed E-state index contributed by atoms with van der Waals surface area (Å²) in [7, 11) is 0. The fourth-order valence-corrected chi connectivity index (χ4v) is 2.58. The average Bonchev–Trinajstić information content (AvgIpc) is 3.10. The first-order valence-electron chi connectivity index (χ1n) is 7.02. The maximum atomic E-state index is 5.84. The van der Waals surface area contributed by atoms with E-state index in [9.17, 15) is 0 Å². The predicted molar refractivity (Wildman–Crippen MR) is 75.5 cm³/mol. The van der Waals surface area contributed by atoms with E-state index in [2.05, 4.69) is 17.6 Å². The maximum Gasteiger partial charge on any atom is 0.109 e. The first-order chi connectivity index (χ1) is 8.78. The van der Waals surface area contributed by atoms with Gasteiger partial charge < -0.3 is 10.3 Å². The fourth-order valence-electron chi connectivity index (χ4n) is 2.58. The van der Waals surface area contributed by atoms with Gasteiger partial charge >= 0.3 is 0 Å². The third-order valence-electron chi connectivity index (χ3n) is 3.78. The molecule has 1 aromatic carbocycles. The van der Waals surface area contributed by atoms with E-state index in [0.717, 1.165) is 36.5 Å². The van der Waals surface area contributed by atoms with Crippen molar-refractivity contribution in [2.24, 2.45) is 5.92 Å². The monoisotopic (exact) mass is 243 g/mol. The molecule has 0 aliphatic heterocycles. The van der Waals surface area contributed by atoms with Gasteiger partial charge in [0.05, 0.1) is 11.0 Å². The molecule has 0 unspecified atom stereocenters. The zero-order valence-electron chi connectivity index (χ0n) is 11.0. The van der Waals surface area contributed by atoms with Gasteiger partial charge in [-0.3, -0.25) is 0 Å². The second kappa shape index (κ2) is 4.63. The Morgan fingerprint density at radius 2 is 2.22 bits per heavy atom. The molecule has 0 atom stereocenters. The smallest absolute Gasteiger partial charge is 0.109 e. The second-order valence-corrected chi connectivity index (χ2v) is 5.41. The van der Waals surface area contributed by atoms with Crippen LogP contribution in [0.4, 0.5) is 5.69 Å². The number of anilines is 1. The van der Waals surface area contributed by atoms with Crippen LogP contribution < -0.4 is 5.73 Å². The predicted octanol–water partition coefficient (Wildman–Crippen LogP) is 3.37. The van der Waals surface area contributed by atoms with Gasteiger partial charge in [0.1, 0.15) is 5.82 Å². The van der Waals surface area contributed by atoms with Gasteiger partial charge in [-0.05, 0) is 37.0 Å². The average molecular weight is 243 g/mol. The van der Waals surface area contributed by atoms with Crippen molar-refractivity contribution < 1.29 is 0 Å². The van der Waals surface area contributed by atoms with E-state index in [0.29, 0.717) is 0 Å². The van der Waals surface area contributed by atoms with Gasteiger partial charge in [0.2, 0.25) is 0 Å². The van der Waals surface area contributed by atoms with Gasteiger partial charge in [-0.2, -0.15) is 0 Å². The minimum absolute atomic E-state index is 0.803. The number of rotatable bonds is 5. The zero-order valence-corrected chi connectivity index (χ0v) is 11.0. The van der Waals surface area contributed by atoms with Crippen LogP contribution in [0.3, 0.4) is 0 Å². The van der Waals surface area contributed by atoms with Crippen molar-refractivity contribution in [1.82, 2.24) is 9.55 Å². The molecule has 0 radical (unpaired) electrons. The summed E-state index contributed by atoms with van der Waals surface area (Å²) >= 11 is 0. The molecule has 2 N–H and O–H groups in total. The van der Waals surface area contributed by atoms with Crippen LogP contribution in [0.1, 0.15) is 38.4 Å². The van der Waals surface area contributed by atoms with Gasteiger partial charge in [0.25, 0.3) is 0 Å². The Bertz CT molecular complexity index is 552. The van der Waals surface area contributed by atoms with Gasteiger partial charge in [0, 0.05) is 18.7 Å². The van der Waals surface area contributed by atoms with E-state index in [1.54, 1.807) is 0 Å². The summed E-state index contributed by atoms with van der Waals surface area (Å²) in [5, 5.41) is 0. The topological polar surface area (TPSA) is 43.8 Å². The van der Waals surface area contributed by atoms with Crippen LogP contribution >= 0.6 is 0 Å². The fraction of sp³-hybridized carbons (Fsp3) is 0.533. The molecule has 0 amide bonds. The van der Waals surface area contributed by atoms with Crippen LogP contribution in [-0.2, 0) is 13.0 Å². The van der Waals surface area contributed by atoms with Crippen molar-refractivity contribution >= 4 is 16.7 Å². The Labute approximate surface area is 108 Å². The van der Waals surface area contributed by atoms with Crippen LogP contribution in [0.2, 0.25) is 0 Å². The standard InChI is InChI=1S/C15H21N3/c1-2-3-15-17-13-10-12(16)6-7-14(13)18(15)9-8-11-4-5-11/h6-7,10-11H,2-5,8-9,16H2,1H3. The van der Waals surface area contributed by atoms with E-state index >= 15 is 0 Å². The molecular formula is C15H21N3. The van der Waals surface area contributed by atoms with Crippen LogP contribution in [0, 0.1) is 5.92 Å². The summed E-state index contributed by atoms with van der Waals surface area (Å²) in [6.45, 7) is 3.32. The molecule has 1 fully saturated rings. The molecule has 18 heavy (non-hydrogen) atoms. The van der Waals surface area contributed by atoms with Gasteiger partial charge in [-0.25, -0.2) is 4.98 Å². The number of aryl methyl sites for hydroxylation is 2. The molecule has 2 aromatic rings. The molecule has 1 saturated carbocycles. The molecule has 3 rings (SSSR count). The Morgan fingerprint density at radius 3 is 2.94 bits per heavy atom. The summed E-state index contributed by atoms with van der Waals surface area (Å²) < 4.78 is 2.40. The number of nitrogens with two attached hydrogens (primary N) is 1. The Balaban J connectivity index is 1.97.